The van der Waals surface area contributed by atoms with Gasteiger partial charge in [-0.05, 0) is 54.4 Å². The molecule has 0 aliphatic rings. The molecule has 3 aromatic rings. The topological polar surface area (TPSA) is 80.3 Å². The van der Waals surface area contributed by atoms with Crippen LogP contribution in [0.25, 0.3) is 0 Å². The van der Waals surface area contributed by atoms with Crippen molar-refractivity contribution in [2.24, 2.45) is 0 Å². The summed E-state index contributed by atoms with van der Waals surface area (Å²) in [5.41, 5.74) is 2.49. The van der Waals surface area contributed by atoms with Crippen LogP contribution in [-0.4, -0.2) is 23.4 Å². The standard InChI is InChI=1S/C23H21F2N3O3/c24-23(25)31-20-10-7-16(8-11-20)9-12-21(29)28-18-6-3-4-17(14-18)22(30)27-15-19-5-1-2-13-26-19/h1-8,10-11,13-14,23H,9,12,15H2,(H,27,30)(H,28,29). The van der Waals surface area contributed by atoms with Crippen molar-refractivity contribution in [3.8, 4) is 5.75 Å². The summed E-state index contributed by atoms with van der Waals surface area (Å²) >= 11 is 0. The van der Waals surface area contributed by atoms with Crippen LogP contribution < -0.4 is 15.4 Å². The molecular formula is C23H21F2N3O3. The number of hydrogen-bond acceptors (Lipinski definition) is 4. The lowest BCUT2D eigenvalue weighted by Crippen LogP contribution is -2.23. The fraction of sp³-hybridized carbons (Fsp3) is 0.174. The van der Waals surface area contributed by atoms with Gasteiger partial charge in [0, 0.05) is 23.9 Å². The van der Waals surface area contributed by atoms with Crippen molar-refractivity contribution in [1.29, 1.82) is 0 Å². The third-order valence-corrected chi connectivity index (χ3v) is 4.35. The number of alkyl halides is 2. The number of aryl methyl sites for hydroxylation is 1. The summed E-state index contributed by atoms with van der Waals surface area (Å²) in [6.45, 7) is -2.57. The highest BCUT2D eigenvalue weighted by Crippen LogP contribution is 2.16. The molecule has 8 heteroatoms. The largest absolute Gasteiger partial charge is 0.435 e. The fourth-order valence-corrected chi connectivity index (χ4v) is 2.83. The highest BCUT2D eigenvalue weighted by Gasteiger charge is 2.09. The fourth-order valence-electron chi connectivity index (χ4n) is 2.83. The van der Waals surface area contributed by atoms with E-state index in [-0.39, 0.29) is 24.0 Å². The second-order valence-corrected chi connectivity index (χ2v) is 6.66. The molecule has 2 N–H and O–H groups in total. The number of rotatable bonds is 9. The maximum atomic E-state index is 12.4. The van der Waals surface area contributed by atoms with Crippen LogP contribution >= 0.6 is 0 Å². The average molecular weight is 425 g/mol. The first kappa shape index (κ1) is 21.9. The summed E-state index contributed by atoms with van der Waals surface area (Å²) in [5.74, 6) is -0.423. The molecule has 1 heterocycles. The number of benzene rings is 2. The Balaban J connectivity index is 1.49. The van der Waals surface area contributed by atoms with Crippen LogP contribution in [0.3, 0.4) is 0 Å². The molecule has 160 valence electrons. The molecule has 0 saturated heterocycles. The summed E-state index contributed by atoms with van der Waals surface area (Å²) in [4.78, 5) is 28.8. The lowest BCUT2D eigenvalue weighted by molar-refractivity contribution is -0.116. The number of halogens is 2. The minimum Gasteiger partial charge on any atom is -0.435 e. The van der Waals surface area contributed by atoms with E-state index in [1.807, 2.05) is 12.1 Å². The summed E-state index contributed by atoms with van der Waals surface area (Å²) in [6.07, 6.45) is 2.29. The summed E-state index contributed by atoms with van der Waals surface area (Å²) in [6, 6.07) is 18.3. The van der Waals surface area contributed by atoms with Gasteiger partial charge in [-0.15, -0.1) is 0 Å². The Morgan fingerprint density at radius 1 is 1.00 bits per heavy atom. The zero-order valence-electron chi connectivity index (χ0n) is 16.6. The second-order valence-electron chi connectivity index (χ2n) is 6.66. The molecule has 31 heavy (non-hydrogen) atoms. The summed E-state index contributed by atoms with van der Waals surface area (Å²) < 4.78 is 28.7. The van der Waals surface area contributed by atoms with Crippen molar-refractivity contribution >= 4 is 17.5 Å². The first-order chi connectivity index (χ1) is 15.0. The van der Waals surface area contributed by atoms with Gasteiger partial charge < -0.3 is 15.4 Å². The zero-order valence-corrected chi connectivity index (χ0v) is 16.6. The van der Waals surface area contributed by atoms with Crippen LogP contribution in [0.15, 0.2) is 72.9 Å². The molecule has 0 spiro atoms. The molecule has 2 amide bonds. The molecule has 3 rings (SSSR count). The van der Waals surface area contributed by atoms with Crippen LogP contribution in [0, 0.1) is 0 Å². The second kappa shape index (κ2) is 10.8. The third kappa shape index (κ3) is 7.18. The number of hydrogen-bond donors (Lipinski definition) is 2. The molecule has 0 saturated carbocycles. The van der Waals surface area contributed by atoms with Gasteiger partial charge in [0.15, 0.2) is 0 Å². The summed E-state index contributed by atoms with van der Waals surface area (Å²) in [7, 11) is 0. The highest BCUT2D eigenvalue weighted by atomic mass is 19.3. The minimum atomic E-state index is -2.87. The van der Waals surface area contributed by atoms with Gasteiger partial charge in [0.1, 0.15) is 5.75 Å². The first-order valence-corrected chi connectivity index (χ1v) is 9.61. The number of nitrogens with zero attached hydrogens (tertiary/aromatic N) is 1. The predicted octanol–water partition coefficient (Wildman–Crippen LogP) is 4.18. The van der Waals surface area contributed by atoms with Gasteiger partial charge in [-0.3, -0.25) is 14.6 Å². The van der Waals surface area contributed by atoms with Gasteiger partial charge in [0.2, 0.25) is 5.91 Å². The Morgan fingerprint density at radius 2 is 1.81 bits per heavy atom. The van der Waals surface area contributed by atoms with Crippen LogP contribution in [0.1, 0.15) is 28.0 Å². The molecule has 0 fully saturated rings. The number of nitrogens with one attached hydrogen (secondary N) is 2. The molecule has 6 nitrogen and oxygen atoms in total. The van der Waals surface area contributed by atoms with E-state index in [4.69, 9.17) is 0 Å². The zero-order chi connectivity index (χ0) is 22.1. The molecule has 0 aliphatic carbocycles. The maximum Gasteiger partial charge on any atom is 0.387 e. The molecule has 0 unspecified atom stereocenters. The Hall–Kier alpha value is -3.81. The lowest BCUT2D eigenvalue weighted by atomic mass is 10.1. The normalized spacial score (nSPS) is 10.5. The quantitative estimate of drug-likeness (QED) is 0.539. The van der Waals surface area contributed by atoms with Crippen molar-refractivity contribution < 1.29 is 23.1 Å². The molecule has 0 aliphatic heterocycles. The third-order valence-electron chi connectivity index (χ3n) is 4.35. The molecule has 0 atom stereocenters. The predicted molar refractivity (Wildman–Crippen MR) is 112 cm³/mol. The van der Waals surface area contributed by atoms with E-state index < -0.39 is 6.61 Å². The molecule has 0 bridgehead atoms. The van der Waals surface area contributed by atoms with Crippen LogP contribution in [0.2, 0.25) is 0 Å². The first-order valence-electron chi connectivity index (χ1n) is 9.61. The van der Waals surface area contributed by atoms with E-state index >= 15 is 0 Å². The van der Waals surface area contributed by atoms with E-state index in [0.29, 0.717) is 24.2 Å². The van der Waals surface area contributed by atoms with E-state index in [1.165, 1.54) is 12.1 Å². The molecular weight excluding hydrogens is 404 g/mol. The number of carbonyl (C=O) groups excluding carboxylic acids is 2. The van der Waals surface area contributed by atoms with Crippen LogP contribution in [-0.2, 0) is 17.8 Å². The van der Waals surface area contributed by atoms with Crippen molar-refractivity contribution in [2.45, 2.75) is 26.0 Å². The number of pyridine rings is 1. The monoisotopic (exact) mass is 425 g/mol. The van der Waals surface area contributed by atoms with E-state index in [1.54, 1.807) is 48.7 Å². The Bertz CT molecular complexity index is 1010. The van der Waals surface area contributed by atoms with Gasteiger partial charge in [-0.2, -0.15) is 8.78 Å². The van der Waals surface area contributed by atoms with Crippen molar-refractivity contribution in [1.82, 2.24) is 10.3 Å². The van der Waals surface area contributed by atoms with Crippen molar-refractivity contribution in [3.63, 3.8) is 0 Å². The Kier molecular flexibility index (Phi) is 7.64. The highest BCUT2D eigenvalue weighted by molar-refractivity contribution is 5.97. The van der Waals surface area contributed by atoms with Crippen molar-refractivity contribution in [3.05, 3.63) is 89.7 Å². The molecule has 1 aromatic heterocycles. The van der Waals surface area contributed by atoms with E-state index in [0.717, 1.165) is 11.3 Å². The number of carbonyl (C=O) groups is 2. The van der Waals surface area contributed by atoms with E-state index in [9.17, 15) is 18.4 Å². The van der Waals surface area contributed by atoms with Gasteiger partial charge >= 0.3 is 6.61 Å². The molecule has 2 aromatic carbocycles. The van der Waals surface area contributed by atoms with E-state index in [2.05, 4.69) is 20.4 Å². The Labute approximate surface area is 178 Å². The molecule has 0 radical (unpaired) electrons. The van der Waals surface area contributed by atoms with Gasteiger partial charge in [0.05, 0.1) is 12.2 Å². The lowest BCUT2D eigenvalue weighted by Gasteiger charge is -2.09. The number of anilines is 1. The average Bonchev–Trinajstić information content (AvgIpc) is 2.77. The van der Waals surface area contributed by atoms with Crippen LogP contribution in [0.4, 0.5) is 14.5 Å². The number of aromatic nitrogens is 1. The smallest absolute Gasteiger partial charge is 0.387 e. The number of amides is 2. The summed E-state index contributed by atoms with van der Waals surface area (Å²) in [5, 5.41) is 5.55. The SMILES string of the molecule is O=C(CCc1ccc(OC(F)F)cc1)Nc1cccc(C(=O)NCc2ccccn2)c1. The van der Waals surface area contributed by atoms with Crippen molar-refractivity contribution in [2.75, 3.05) is 5.32 Å². The maximum absolute atomic E-state index is 12.4. The Morgan fingerprint density at radius 3 is 2.52 bits per heavy atom. The minimum absolute atomic E-state index is 0.0707. The number of ether oxygens (including phenoxy) is 1. The van der Waals surface area contributed by atoms with Crippen LogP contribution in [0.5, 0.6) is 5.75 Å². The van der Waals surface area contributed by atoms with Gasteiger partial charge in [-0.25, -0.2) is 0 Å². The van der Waals surface area contributed by atoms with Gasteiger partial charge in [-0.1, -0.05) is 24.3 Å². The van der Waals surface area contributed by atoms with Gasteiger partial charge in [0.25, 0.3) is 5.91 Å².